The zero-order chi connectivity index (χ0) is 36.1. The maximum atomic E-state index is 5.31. The van der Waals surface area contributed by atoms with Gasteiger partial charge in [-0.15, -0.1) is 0 Å². The van der Waals surface area contributed by atoms with Crippen molar-refractivity contribution in [1.82, 2.24) is 9.97 Å². The summed E-state index contributed by atoms with van der Waals surface area (Å²) in [5.41, 5.74) is 16.5. The average molecular weight is 697 g/mol. The van der Waals surface area contributed by atoms with E-state index in [-0.39, 0.29) is 0 Å². The van der Waals surface area contributed by atoms with E-state index in [1.807, 2.05) is 0 Å². The predicted octanol–water partition coefficient (Wildman–Crippen LogP) is 13.3. The third-order valence-electron chi connectivity index (χ3n) is 12.0. The second-order valence-electron chi connectivity index (χ2n) is 14.9. The van der Waals surface area contributed by atoms with Crippen molar-refractivity contribution in [3.05, 3.63) is 216 Å². The molecule has 0 unspecified atom stereocenters. The van der Waals surface area contributed by atoms with E-state index >= 15 is 0 Å². The quantitative estimate of drug-likeness (QED) is 0.184. The Bertz CT molecular complexity index is 3150. The number of aromatic nitrogens is 2. The Morgan fingerprint density at radius 3 is 1.56 bits per heavy atom. The van der Waals surface area contributed by atoms with E-state index in [4.69, 9.17) is 9.97 Å². The lowest BCUT2D eigenvalue weighted by atomic mass is 9.70. The molecule has 0 fully saturated rings. The molecule has 0 saturated carbocycles. The van der Waals surface area contributed by atoms with E-state index in [9.17, 15) is 0 Å². The molecule has 254 valence electrons. The van der Waals surface area contributed by atoms with Crippen LogP contribution in [0, 0.1) is 0 Å². The standard InChI is InChI=1S/C53H32N2/c1-2-12-33(13-3-1)34-22-24-35(25-23-34)51-43-18-8-11-21-50(43)54-52(55-51)39-27-26-38-30-45-44-29-36-14-4-5-15-37(36)31-48(44)53(49(45)32-40(38)28-39)46-19-9-6-16-41(46)42-17-7-10-20-47(42)53/h1-32H. The molecule has 2 heteroatoms. The first-order valence-corrected chi connectivity index (χ1v) is 19.0. The SMILES string of the molecule is c1ccc(-c2ccc(-c3nc(-c4ccc5cc6c(cc5c4)C4(c5ccccc5-c5ccccc54)c4cc5ccccc5cc4-6)nc4ccccc34)cc2)cc1. The van der Waals surface area contributed by atoms with Crippen LogP contribution in [0.3, 0.4) is 0 Å². The Hall–Kier alpha value is -7.16. The van der Waals surface area contributed by atoms with Crippen LogP contribution in [-0.4, -0.2) is 9.97 Å². The molecule has 55 heavy (non-hydrogen) atoms. The van der Waals surface area contributed by atoms with Crippen LogP contribution >= 0.6 is 0 Å². The molecule has 12 rings (SSSR count). The van der Waals surface area contributed by atoms with Crippen LogP contribution < -0.4 is 0 Å². The van der Waals surface area contributed by atoms with Crippen molar-refractivity contribution < 1.29 is 0 Å². The van der Waals surface area contributed by atoms with Crippen molar-refractivity contribution >= 4 is 32.4 Å². The van der Waals surface area contributed by atoms with Crippen molar-refractivity contribution in [2.45, 2.75) is 5.41 Å². The van der Waals surface area contributed by atoms with Crippen LogP contribution in [0.1, 0.15) is 22.3 Å². The van der Waals surface area contributed by atoms with Crippen LogP contribution in [0.2, 0.25) is 0 Å². The Morgan fingerprint density at radius 1 is 0.309 bits per heavy atom. The summed E-state index contributed by atoms with van der Waals surface area (Å²) in [5, 5.41) is 5.96. The molecule has 10 aromatic rings. The summed E-state index contributed by atoms with van der Waals surface area (Å²) in [6, 6.07) is 70.9. The van der Waals surface area contributed by atoms with Crippen molar-refractivity contribution in [2.75, 3.05) is 0 Å². The minimum atomic E-state index is -0.426. The van der Waals surface area contributed by atoms with Gasteiger partial charge in [-0.1, -0.05) is 158 Å². The molecule has 0 aliphatic heterocycles. The number of para-hydroxylation sites is 1. The molecule has 1 heterocycles. The number of hydrogen-bond donors (Lipinski definition) is 0. The number of benzene rings is 9. The molecule has 0 atom stereocenters. The normalized spacial score (nSPS) is 13.2. The fourth-order valence-electron chi connectivity index (χ4n) is 9.58. The van der Waals surface area contributed by atoms with Gasteiger partial charge in [0, 0.05) is 16.5 Å². The number of rotatable bonds is 3. The lowest BCUT2D eigenvalue weighted by Gasteiger charge is -2.30. The highest BCUT2D eigenvalue weighted by Gasteiger charge is 2.51. The highest BCUT2D eigenvalue weighted by molar-refractivity contribution is 6.04. The van der Waals surface area contributed by atoms with Crippen LogP contribution in [0.15, 0.2) is 194 Å². The molecule has 2 aliphatic carbocycles. The van der Waals surface area contributed by atoms with Gasteiger partial charge in [-0.25, -0.2) is 9.97 Å². The number of hydrogen-bond acceptors (Lipinski definition) is 2. The summed E-state index contributed by atoms with van der Waals surface area (Å²) in [6.07, 6.45) is 0. The van der Waals surface area contributed by atoms with Crippen LogP contribution in [-0.2, 0) is 5.41 Å². The van der Waals surface area contributed by atoms with Gasteiger partial charge in [-0.3, -0.25) is 0 Å². The van der Waals surface area contributed by atoms with Gasteiger partial charge < -0.3 is 0 Å². The topological polar surface area (TPSA) is 25.8 Å². The molecule has 9 aromatic carbocycles. The molecule has 0 amide bonds. The second kappa shape index (κ2) is 11.4. The predicted molar refractivity (Wildman–Crippen MR) is 227 cm³/mol. The molecule has 0 N–H and O–H groups in total. The molecular formula is C53H32N2. The molecule has 0 radical (unpaired) electrons. The molecule has 1 aromatic heterocycles. The van der Waals surface area contributed by atoms with Crippen molar-refractivity contribution in [2.24, 2.45) is 0 Å². The summed E-state index contributed by atoms with van der Waals surface area (Å²) in [7, 11) is 0. The van der Waals surface area contributed by atoms with E-state index in [0.29, 0.717) is 0 Å². The Kier molecular flexibility index (Phi) is 6.29. The van der Waals surface area contributed by atoms with E-state index in [2.05, 4.69) is 194 Å². The summed E-state index contributed by atoms with van der Waals surface area (Å²) >= 11 is 0. The third-order valence-corrected chi connectivity index (χ3v) is 12.0. The van der Waals surface area contributed by atoms with Crippen molar-refractivity contribution in [3.63, 3.8) is 0 Å². The highest BCUT2D eigenvalue weighted by Crippen LogP contribution is 2.63. The largest absolute Gasteiger partial charge is 0.228 e. The first-order chi connectivity index (χ1) is 27.2. The zero-order valence-electron chi connectivity index (χ0n) is 29.9. The Balaban J connectivity index is 1.07. The summed E-state index contributed by atoms with van der Waals surface area (Å²) in [5.74, 6) is 0.726. The lowest BCUT2D eigenvalue weighted by molar-refractivity contribution is 0.796. The summed E-state index contributed by atoms with van der Waals surface area (Å²) in [4.78, 5) is 10.5. The molecule has 1 spiro atoms. The molecule has 0 saturated heterocycles. The fourth-order valence-corrected chi connectivity index (χ4v) is 9.58. The number of fused-ring (bicyclic) bond motifs is 13. The van der Waals surface area contributed by atoms with Gasteiger partial charge in [0.2, 0.25) is 0 Å². The van der Waals surface area contributed by atoms with E-state index in [1.165, 1.54) is 77.2 Å². The van der Waals surface area contributed by atoms with Gasteiger partial charge in [0.05, 0.1) is 16.6 Å². The summed E-state index contributed by atoms with van der Waals surface area (Å²) < 4.78 is 0. The molecule has 2 aliphatic rings. The van der Waals surface area contributed by atoms with Gasteiger partial charge >= 0.3 is 0 Å². The maximum absolute atomic E-state index is 5.31. The number of nitrogens with zero attached hydrogens (tertiary/aromatic N) is 2. The molecular weight excluding hydrogens is 665 g/mol. The highest BCUT2D eigenvalue weighted by atomic mass is 14.9. The van der Waals surface area contributed by atoms with Crippen LogP contribution in [0.4, 0.5) is 0 Å². The summed E-state index contributed by atoms with van der Waals surface area (Å²) in [6.45, 7) is 0. The van der Waals surface area contributed by atoms with Crippen LogP contribution in [0.5, 0.6) is 0 Å². The van der Waals surface area contributed by atoms with Crippen molar-refractivity contribution in [3.8, 4) is 56.0 Å². The third kappa shape index (κ3) is 4.31. The minimum Gasteiger partial charge on any atom is -0.228 e. The van der Waals surface area contributed by atoms with Gasteiger partial charge in [-0.2, -0.15) is 0 Å². The maximum Gasteiger partial charge on any atom is 0.160 e. The Morgan fingerprint density at radius 2 is 0.836 bits per heavy atom. The van der Waals surface area contributed by atoms with Crippen molar-refractivity contribution in [1.29, 1.82) is 0 Å². The molecule has 0 bridgehead atoms. The molecule has 2 nitrogen and oxygen atoms in total. The van der Waals surface area contributed by atoms with Gasteiger partial charge in [0.25, 0.3) is 0 Å². The Labute approximate surface area is 319 Å². The smallest absolute Gasteiger partial charge is 0.160 e. The minimum absolute atomic E-state index is 0.426. The zero-order valence-corrected chi connectivity index (χ0v) is 29.9. The van der Waals surface area contributed by atoms with Gasteiger partial charge in [0.1, 0.15) is 0 Å². The first-order valence-electron chi connectivity index (χ1n) is 19.0. The van der Waals surface area contributed by atoms with Gasteiger partial charge in [0.15, 0.2) is 5.82 Å². The second-order valence-corrected chi connectivity index (χ2v) is 14.9. The average Bonchev–Trinajstić information content (AvgIpc) is 3.70. The van der Waals surface area contributed by atoms with E-state index < -0.39 is 5.41 Å². The van der Waals surface area contributed by atoms with Gasteiger partial charge in [-0.05, 0) is 114 Å². The fraction of sp³-hybridized carbons (Fsp3) is 0.0189. The first kappa shape index (κ1) is 30.3. The van der Waals surface area contributed by atoms with E-state index in [1.54, 1.807) is 0 Å². The lowest BCUT2D eigenvalue weighted by Crippen LogP contribution is -2.25. The van der Waals surface area contributed by atoms with Crippen LogP contribution in [0.25, 0.3) is 88.5 Å². The monoisotopic (exact) mass is 696 g/mol. The van der Waals surface area contributed by atoms with E-state index in [0.717, 1.165) is 33.5 Å².